The lowest BCUT2D eigenvalue weighted by molar-refractivity contribution is -0.158. The van der Waals surface area contributed by atoms with Gasteiger partial charge in [-0.15, -0.1) is 10.2 Å². The Labute approximate surface area is 170 Å². The molecule has 0 bridgehead atoms. The first-order chi connectivity index (χ1) is 13.7. The molecule has 0 aliphatic carbocycles. The van der Waals surface area contributed by atoms with Crippen LogP contribution in [-0.2, 0) is 11.3 Å². The normalized spacial score (nSPS) is 12.4. The lowest BCUT2D eigenvalue weighted by Crippen LogP contribution is -2.26. The van der Waals surface area contributed by atoms with Gasteiger partial charge in [-0.2, -0.15) is 8.78 Å². The van der Waals surface area contributed by atoms with Crippen LogP contribution in [0.15, 0.2) is 48.5 Å². The minimum Gasteiger partial charge on any atom is -0.433 e. The van der Waals surface area contributed by atoms with Crippen molar-refractivity contribution in [3.05, 3.63) is 64.7 Å². The van der Waals surface area contributed by atoms with Gasteiger partial charge >= 0.3 is 6.11 Å². The van der Waals surface area contributed by atoms with Crippen molar-refractivity contribution >= 4 is 17.2 Å². The summed E-state index contributed by atoms with van der Waals surface area (Å²) >= 11 is 1.26. The van der Waals surface area contributed by atoms with Gasteiger partial charge in [0.2, 0.25) is 5.91 Å². The van der Waals surface area contributed by atoms with Gasteiger partial charge in [-0.3, -0.25) is 4.79 Å². The molecule has 0 saturated heterocycles. The van der Waals surface area contributed by atoms with Gasteiger partial charge < -0.3 is 15.8 Å². The SMILES string of the molecule is CC(=O)NC(c1ccc(CN)cc1)c1nnc(-c2cccc(OC(C)(F)F)c2)s1. The fourth-order valence-corrected chi connectivity index (χ4v) is 3.62. The summed E-state index contributed by atoms with van der Waals surface area (Å²) in [5.41, 5.74) is 8.04. The number of hydrogen-bond acceptors (Lipinski definition) is 6. The Morgan fingerprint density at radius 2 is 1.97 bits per heavy atom. The summed E-state index contributed by atoms with van der Waals surface area (Å²) in [6.45, 7) is 2.52. The van der Waals surface area contributed by atoms with Gasteiger partial charge in [-0.05, 0) is 23.3 Å². The zero-order valence-corrected chi connectivity index (χ0v) is 16.7. The van der Waals surface area contributed by atoms with Crippen LogP contribution in [0.4, 0.5) is 8.78 Å². The third-order valence-corrected chi connectivity index (χ3v) is 5.00. The van der Waals surface area contributed by atoms with Gasteiger partial charge in [0.15, 0.2) is 0 Å². The summed E-state index contributed by atoms with van der Waals surface area (Å²) in [5.74, 6) is -0.183. The van der Waals surface area contributed by atoms with Gasteiger partial charge in [-0.1, -0.05) is 47.7 Å². The third kappa shape index (κ3) is 5.55. The molecule has 0 fully saturated rings. The van der Waals surface area contributed by atoms with Crippen LogP contribution in [0, 0.1) is 0 Å². The van der Waals surface area contributed by atoms with E-state index in [1.165, 1.54) is 30.4 Å². The van der Waals surface area contributed by atoms with E-state index < -0.39 is 12.2 Å². The fraction of sp³-hybridized carbons (Fsp3) is 0.250. The minimum atomic E-state index is -3.28. The van der Waals surface area contributed by atoms with Crippen molar-refractivity contribution in [3.63, 3.8) is 0 Å². The van der Waals surface area contributed by atoms with E-state index in [4.69, 9.17) is 5.73 Å². The average molecular weight is 418 g/mol. The summed E-state index contributed by atoms with van der Waals surface area (Å²) in [5, 5.41) is 12.3. The van der Waals surface area contributed by atoms with Gasteiger partial charge in [0.1, 0.15) is 21.8 Å². The maximum atomic E-state index is 13.1. The molecule has 9 heteroatoms. The van der Waals surface area contributed by atoms with Crippen molar-refractivity contribution in [3.8, 4) is 16.3 Å². The average Bonchev–Trinajstić information content (AvgIpc) is 3.15. The third-order valence-electron chi connectivity index (χ3n) is 3.96. The van der Waals surface area contributed by atoms with Crippen LogP contribution in [0.3, 0.4) is 0 Å². The number of aromatic nitrogens is 2. The molecule has 3 N–H and O–H groups in total. The van der Waals surface area contributed by atoms with Crippen LogP contribution in [0.1, 0.15) is 36.0 Å². The zero-order chi connectivity index (χ0) is 21.0. The number of halogens is 2. The first kappa shape index (κ1) is 20.8. The highest BCUT2D eigenvalue weighted by atomic mass is 32.1. The number of ether oxygens (including phenoxy) is 1. The molecule has 0 spiro atoms. The second-order valence-electron chi connectivity index (χ2n) is 6.46. The number of nitrogens with zero attached hydrogens (tertiary/aromatic N) is 2. The molecule has 29 heavy (non-hydrogen) atoms. The Bertz CT molecular complexity index is 987. The highest BCUT2D eigenvalue weighted by Crippen LogP contribution is 2.32. The topological polar surface area (TPSA) is 90.1 Å². The Morgan fingerprint density at radius 1 is 1.24 bits per heavy atom. The standard InChI is InChI=1S/C20H20F2N4O2S/c1-12(27)24-17(14-8-6-13(11-23)7-9-14)19-26-25-18(29-19)15-4-3-5-16(10-15)28-20(2,21)22/h3-10,17H,11,23H2,1-2H3,(H,24,27). The second kappa shape index (κ2) is 8.62. The number of nitrogens with one attached hydrogen (secondary N) is 1. The Hall–Kier alpha value is -2.91. The first-order valence-corrected chi connectivity index (χ1v) is 9.63. The summed E-state index contributed by atoms with van der Waals surface area (Å²) < 4.78 is 30.9. The Morgan fingerprint density at radius 3 is 2.59 bits per heavy atom. The molecule has 0 aliphatic heterocycles. The van der Waals surface area contributed by atoms with E-state index in [0.717, 1.165) is 11.1 Å². The lowest BCUT2D eigenvalue weighted by Gasteiger charge is -2.15. The molecule has 1 atom stereocenters. The molecule has 2 aromatic carbocycles. The largest absolute Gasteiger partial charge is 0.433 e. The van der Waals surface area contributed by atoms with Crippen molar-refractivity contribution in [1.29, 1.82) is 0 Å². The minimum absolute atomic E-state index is 0.0301. The van der Waals surface area contributed by atoms with E-state index >= 15 is 0 Å². The van der Waals surface area contributed by atoms with Crippen molar-refractivity contribution in [2.24, 2.45) is 5.73 Å². The zero-order valence-electron chi connectivity index (χ0n) is 15.9. The Balaban J connectivity index is 1.91. The number of amides is 1. The van der Waals surface area contributed by atoms with E-state index in [0.29, 0.717) is 29.0 Å². The van der Waals surface area contributed by atoms with Gasteiger partial charge in [0, 0.05) is 26.0 Å². The van der Waals surface area contributed by atoms with Crippen molar-refractivity contribution in [1.82, 2.24) is 15.5 Å². The number of alkyl halides is 2. The molecular weight excluding hydrogens is 398 g/mol. The molecule has 152 valence electrons. The van der Waals surface area contributed by atoms with E-state index in [9.17, 15) is 13.6 Å². The van der Waals surface area contributed by atoms with Crippen LogP contribution in [0.2, 0.25) is 0 Å². The van der Waals surface area contributed by atoms with Crippen LogP contribution < -0.4 is 15.8 Å². The quantitative estimate of drug-likeness (QED) is 0.608. The van der Waals surface area contributed by atoms with Crippen LogP contribution >= 0.6 is 11.3 Å². The van der Waals surface area contributed by atoms with Crippen molar-refractivity contribution in [2.45, 2.75) is 32.5 Å². The van der Waals surface area contributed by atoms with Crippen molar-refractivity contribution in [2.75, 3.05) is 0 Å². The maximum absolute atomic E-state index is 13.1. The predicted octanol–water partition coefficient (Wildman–Crippen LogP) is 3.88. The highest BCUT2D eigenvalue weighted by Gasteiger charge is 2.24. The van der Waals surface area contributed by atoms with Crippen LogP contribution in [0.5, 0.6) is 5.75 Å². The summed E-state index contributed by atoms with van der Waals surface area (Å²) in [4.78, 5) is 11.7. The number of hydrogen-bond donors (Lipinski definition) is 2. The summed E-state index contributed by atoms with van der Waals surface area (Å²) in [6.07, 6.45) is -3.28. The maximum Gasteiger partial charge on any atom is 0.394 e. The molecule has 1 heterocycles. The fourth-order valence-electron chi connectivity index (χ4n) is 2.70. The van der Waals surface area contributed by atoms with Gasteiger partial charge in [0.25, 0.3) is 0 Å². The van der Waals surface area contributed by atoms with E-state index in [-0.39, 0.29) is 11.7 Å². The smallest absolute Gasteiger partial charge is 0.394 e. The molecule has 3 aromatic rings. The van der Waals surface area contributed by atoms with E-state index in [1.54, 1.807) is 12.1 Å². The van der Waals surface area contributed by atoms with Crippen LogP contribution in [-0.4, -0.2) is 22.2 Å². The van der Waals surface area contributed by atoms with E-state index in [2.05, 4.69) is 20.3 Å². The van der Waals surface area contributed by atoms with Crippen LogP contribution in [0.25, 0.3) is 10.6 Å². The number of nitrogens with two attached hydrogens (primary N) is 1. The second-order valence-corrected chi connectivity index (χ2v) is 7.47. The molecule has 3 rings (SSSR count). The van der Waals surface area contributed by atoms with Gasteiger partial charge in [0.05, 0.1) is 0 Å². The summed E-state index contributed by atoms with van der Waals surface area (Å²) in [7, 11) is 0. The van der Waals surface area contributed by atoms with Crippen molar-refractivity contribution < 1.29 is 18.3 Å². The summed E-state index contributed by atoms with van der Waals surface area (Å²) in [6, 6.07) is 13.3. The molecule has 6 nitrogen and oxygen atoms in total. The first-order valence-electron chi connectivity index (χ1n) is 8.82. The number of carbonyl (C=O) groups excluding carboxylic acids is 1. The molecule has 0 aliphatic rings. The number of carbonyl (C=O) groups is 1. The Kier molecular flexibility index (Phi) is 6.19. The number of benzene rings is 2. The molecular formula is C20H20F2N4O2S. The molecule has 1 unspecified atom stereocenters. The molecule has 0 radical (unpaired) electrons. The molecule has 1 amide bonds. The highest BCUT2D eigenvalue weighted by molar-refractivity contribution is 7.14. The molecule has 0 saturated carbocycles. The monoisotopic (exact) mass is 418 g/mol. The lowest BCUT2D eigenvalue weighted by atomic mass is 10.1. The number of rotatable bonds is 7. The van der Waals surface area contributed by atoms with E-state index in [1.807, 2.05) is 24.3 Å². The predicted molar refractivity (Wildman–Crippen MR) is 107 cm³/mol. The molecule has 1 aromatic heterocycles. The van der Waals surface area contributed by atoms with Gasteiger partial charge in [-0.25, -0.2) is 0 Å².